The van der Waals surface area contributed by atoms with Crippen molar-refractivity contribution in [1.82, 2.24) is 0 Å². The molecule has 0 saturated carbocycles. The van der Waals surface area contributed by atoms with Crippen molar-refractivity contribution in [1.29, 1.82) is 0 Å². The van der Waals surface area contributed by atoms with Crippen molar-refractivity contribution < 1.29 is 23.3 Å². The van der Waals surface area contributed by atoms with Gasteiger partial charge in [0.1, 0.15) is 16.8 Å². The van der Waals surface area contributed by atoms with E-state index in [0.717, 1.165) is 0 Å². The molecule has 0 radical (unpaired) electrons. The van der Waals surface area contributed by atoms with Gasteiger partial charge in [-0.2, -0.15) is 0 Å². The maximum absolute atomic E-state index is 13.0. The summed E-state index contributed by atoms with van der Waals surface area (Å²) in [6.45, 7) is 3.91. The fourth-order valence-electron chi connectivity index (χ4n) is 2.05. The molecule has 2 aromatic rings. The lowest BCUT2D eigenvalue weighted by molar-refractivity contribution is -0.384. The molecular formula is C16H18NO6P. The van der Waals surface area contributed by atoms with Crippen molar-refractivity contribution in [2.45, 2.75) is 13.8 Å². The molecule has 0 aliphatic carbocycles. The molecular weight excluding hydrogens is 333 g/mol. The zero-order valence-corrected chi connectivity index (χ0v) is 14.3. The third-order valence-corrected chi connectivity index (χ3v) is 5.19. The number of hydrogen-bond acceptors (Lipinski definition) is 6. The van der Waals surface area contributed by atoms with Crippen LogP contribution in [0.25, 0.3) is 0 Å². The van der Waals surface area contributed by atoms with Crippen molar-refractivity contribution in [3.8, 4) is 11.5 Å². The van der Waals surface area contributed by atoms with E-state index in [2.05, 4.69) is 0 Å². The Kier molecular flexibility index (Phi) is 6.09. The quantitative estimate of drug-likeness (QED) is 0.401. The summed E-state index contributed by atoms with van der Waals surface area (Å²) in [5.41, 5.74) is -0.0371. The molecule has 8 heteroatoms. The molecule has 2 aromatic carbocycles. The summed E-state index contributed by atoms with van der Waals surface area (Å²) in [4.78, 5) is 10.2. The Balaban J connectivity index is 2.34. The smallest absolute Gasteiger partial charge is 0.365 e. The Hall–Kier alpha value is -2.21. The highest BCUT2D eigenvalue weighted by Crippen LogP contribution is 2.49. The molecule has 24 heavy (non-hydrogen) atoms. The van der Waals surface area contributed by atoms with Crippen LogP contribution in [-0.2, 0) is 13.6 Å². The van der Waals surface area contributed by atoms with Crippen molar-refractivity contribution in [3.63, 3.8) is 0 Å². The molecule has 7 nitrogen and oxygen atoms in total. The first-order valence-electron chi connectivity index (χ1n) is 7.41. The maximum atomic E-state index is 13.0. The number of ether oxygens (including phenoxy) is 1. The van der Waals surface area contributed by atoms with Crippen molar-refractivity contribution >= 4 is 18.6 Å². The van der Waals surface area contributed by atoms with E-state index in [4.69, 9.17) is 13.8 Å². The summed E-state index contributed by atoms with van der Waals surface area (Å²) >= 11 is 0. The molecule has 0 aromatic heterocycles. The van der Waals surface area contributed by atoms with E-state index >= 15 is 0 Å². The van der Waals surface area contributed by atoms with Crippen LogP contribution in [0.3, 0.4) is 0 Å². The van der Waals surface area contributed by atoms with Gasteiger partial charge in [0, 0.05) is 12.1 Å². The number of para-hydroxylation sites is 1. The molecule has 0 bridgehead atoms. The average Bonchev–Trinajstić information content (AvgIpc) is 2.56. The SMILES string of the molecule is CCOP(=O)(OCC)c1ccccc1Oc1ccc([N+](=O)[O-])cc1. The van der Waals surface area contributed by atoms with Crippen LogP contribution in [0.4, 0.5) is 5.69 Å². The number of nitro benzene ring substituents is 1. The van der Waals surface area contributed by atoms with Gasteiger partial charge in [-0.1, -0.05) is 12.1 Å². The second-order valence-electron chi connectivity index (χ2n) is 4.65. The van der Waals surface area contributed by atoms with Crippen LogP contribution in [0.1, 0.15) is 13.8 Å². The lowest BCUT2D eigenvalue weighted by atomic mass is 10.3. The Morgan fingerprint density at radius 2 is 1.58 bits per heavy atom. The molecule has 0 spiro atoms. The second-order valence-corrected chi connectivity index (χ2v) is 6.65. The van der Waals surface area contributed by atoms with Gasteiger partial charge in [0.15, 0.2) is 0 Å². The highest BCUT2D eigenvalue weighted by molar-refractivity contribution is 7.62. The largest absolute Gasteiger partial charge is 0.456 e. The maximum Gasteiger partial charge on any atom is 0.365 e. The van der Waals surface area contributed by atoms with Crippen molar-refractivity contribution in [2.75, 3.05) is 13.2 Å². The first kappa shape index (κ1) is 18.1. The first-order chi connectivity index (χ1) is 11.5. The fraction of sp³-hybridized carbons (Fsp3) is 0.250. The van der Waals surface area contributed by atoms with Gasteiger partial charge >= 0.3 is 7.60 Å². The fourth-order valence-corrected chi connectivity index (χ4v) is 3.74. The minimum atomic E-state index is -3.50. The predicted molar refractivity (Wildman–Crippen MR) is 90.1 cm³/mol. The van der Waals surface area contributed by atoms with Gasteiger partial charge in [0.05, 0.1) is 18.1 Å². The number of nitrogens with zero attached hydrogens (tertiary/aromatic N) is 1. The molecule has 0 heterocycles. The molecule has 0 N–H and O–H groups in total. The summed E-state index contributed by atoms with van der Waals surface area (Å²) in [6.07, 6.45) is 0. The lowest BCUT2D eigenvalue weighted by Gasteiger charge is -2.19. The average molecular weight is 351 g/mol. The summed E-state index contributed by atoms with van der Waals surface area (Å²) < 4.78 is 29.4. The van der Waals surface area contributed by atoms with Crippen LogP contribution in [0.15, 0.2) is 48.5 Å². The van der Waals surface area contributed by atoms with E-state index in [1.165, 1.54) is 24.3 Å². The molecule has 0 aliphatic heterocycles. The summed E-state index contributed by atoms with van der Waals surface area (Å²) in [6, 6.07) is 12.3. The number of benzene rings is 2. The Morgan fingerprint density at radius 3 is 2.12 bits per heavy atom. The number of nitro groups is 1. The number of non-ortho nitro benzene ring substituents is 1. The monoisotopic (exact) mass is 351 g/mol. The molecule has 0 fully saturated rings. The topological polar surface area (TPSA) is 87.9 Å². The van der Waals surface area contributed by atoms with E-state index in [0.29, 0.717) is 16.8 Å². The standard InChI is InChI=1S/C16H18NO6P/c1-3-21-24(20,22-4-2)16-8-6-5-7-15(16)23-14-11-9-13(10-12-14)17(18)19/h5-12H,3-4H2,1-2H3. The molecule has 0 amide bonds. The Bertz CT molecular complexity index is 736. The normalized spacial score (nSPS) is 11.2. The highest BCUT2D eigenvalue weighted by Gasteiger charge is 2.30. The van der Waals surface area contributed by atoms with Gasteiger partial charge in [0.25, 0.3) is 5.69 Å². The lowest BCUT2D eigenvalue weighted by Crippen LogP contribution is -2.13. The summed E-state index contributed by atoms with van der Waals surface area (Å²) in [7, 11) is -3.50. The minimum absolute atomic E-state index is 0.0371. The van der Waals surface area contributed by atoms with Crippen LogP contribution >= 0.6 is 7.60 Å². The van der Waals surface area contributed by atoms with Crippen LogP contribution < -0.4 is 10.0 Å². The predicted octanol–water partition coefficient (Wildman–Crippen LogP) is 4.28. The number of rotatable bonds is 8. The zero-order valence-electron chi connectivity index (χ0n) is 13.4. The van der Waals surface area contributed by atoms with Crippen LogP contribution in [-0.4, -0.2) is 18.1 Å². The molecule has 0 aliphatic rings. The van der Waals surface area contributed by atoms with E-state index in [1.54, 1.807) is 38.1 Å². The summed E-state index contributed by atoms with van der Waals surface area (Å²) in [5, 5.41) is 11.0. The Morgan fingerprint density at radius 1 is 1.00 bits per heavy atom. The second kappa shape index (κ2) is 8.06. The van der Waals surface area contributed by atoms with Crippen LogP contribution in [0.5, 0.6) is 11.5 Å². The van der Waals surface area contributed by atoms with Gasteiger partial charge in [-0.15, -0.1) is 0 Å². The van der Waals surface area contributed by atoms with Gasteiger partial charge in [-0.25, -0.2) is 0 Å². The van der Waals surface area contributed by atoms with Gasteiger partial charge in [0.2, 0.25) is 0 Å². The molecule has 0 saturated heterocycles. The number of hydrogen-bond donors (Lipinski definition) is 0. The zero-order chi connectivity index (χ0) is 17.6. The van der Waals surface area contributed by atoms with Crippen molar-refractivity contribution in [2.24, 2.45) is 0 Å². The van der Waals surface area contributed by atoms with E-state index in [-0.39, 0.29) is 18.9 Å². The minimum Gasteiger partial charge on any atom is -0.456 e. The van der Waals surface area contributed by atoms with Gasteiger partial charge in [-0.05, 0) is 38.1 Å². The third kappa shape index (κ3) is 4.20. The molecule has 128 valence electrons. The van der Waals surface area contributed by atoms with Crippen LogP contribution in [0.2, 0.25) is 0 Å². The van der Waals surface area contributed by atoms with E-state index in [9.17, 15) is 14.7 Å². The molecule has 0 unspecified atom stereocenters. The third-order valence-electron chi connectivity index (χ3n) is 3.03. The van der Waals surface area contributed by atoms with E-state index < -0.39 is 12.5 Å². The van der Waals surface area contributed by atoms with Gasteiger partial charge < -0.3 is 13.8 Å². The van der Waals surface area contributed by atoms with Gasteiger partial charge in [-0.3, -0.25) is 14.7 Å². The van der Waals surface area contributed by atoms with Crippen molar-refractivity contribution in [3.05, 3.63) is 58.6 Å². The molecule has 2 rings (SSSR count). The summed E-state index contributed by atoms with van der Waals surface area (Å²) in [5.74, 6) is 0.698. The molecule has 0 atom stereocenters. The Labute approximate surface area is 139 Å². The first-order valence-corrected chi connectivity index (χ1v) is 8.95. The van der Waals surface area contributed by atoms with E-state index in [1.807, 2.05) is 0 Å². The highest BCUT2D eigenvalue weighted by atomic mass is 31.2. The van der Waals surface area contributed by atoms with Crippen LogP contribution in [0, 0.1) is 10.1 Å².